The molecule has 1 aliphatic carbocycles. The Balaban J connectivity index is 0.00000338. The molecule has 2 rings (SSSR count). The first-order valence-corrected chi connectivity index (χ1v) is 10.4. The van der Waals surface area contributed by atoms with E-state index in [1.54, 1.807) is 24.3 Å². The molecule has 0 bridgehead atoms. The van der Waals surface area contributed by atoms with Crippen molar-refractivity contribution < 1.29 is 13.2 Å². The minimum atomic E-state index is -3.54. The molecule has 1 aromatic rings. The Morgan fingerprint density at radius 1 is 1.12 bits per heavy atom. The minimum absolute atomic E-state index is 0. The fourth-order valence-corrected chi connectivity index (χ4v) is 4.38. The highest BCUT2D eigenvalue weighted by molar-refractivity contribution is 7.89. The van der Waals surface area contributed by atoms with Gasteiger partial charge in [0.05, 0.1) is 4.90 Å². The van der Waals surface area contributed by atoms with Crippen molar-refractivity contribution in [1.82, 2.24) is 10.0 Å². The number of rotatable bonds is 8. The molecule has 26 heavy (non-hydrogen) atoms. The summed E-state index contributed by atoms with van der Waals surface area (Å²) in [6.07, 6.45) is 5.88. The molecule has 0 unspecified atom stereocenters. The second-order valence-electron chi connectivity index (χ2n) is 7.00. The fourth-order valence-electron chi connectivity index (χ4n) is 3.35. The fraction of sp³-hybridized carbons (Fsp3) is 0.611. The van der Waals surface area contributed by atoms with Crippen molar-refractivity contribution in [2.75, 3.05) is 19.6 Å². The van der Waals surface area contributed by atoms with Gasteiger partial charge in [-0.25, -0.2) is 13.1 Å². The quantitative estimate of drug-likeness (QED) is 0.578. The maximum atomic E-state index is 12.2. The number of nitrogens with two attached hydrogens (primary N) is 1. The number of sulfonamides is 1. The van der Waals surface area contributed by atoms with Crippen molar-refractivity contribution in [3.8, 4) is 0 Å². The number of hydrogen-bond acceptors (Lipinski definition) is 4. The minimum Gasteiger partial charge on any atom is -0.355 e. The number of aryl methyl sites for hydroxylation is 1. The van der Waals surface area contributed by atoms with Crippen LogP contribution in [0.3, 0.4) is 0 Å². The normalized spacial score (nSPS) is 16.5. The molecule has 1 saturated carbocycles. The van der Waals surface area contributed by atoms with Crippen molar-refractivity contribution in [2.45, 2.75) is 50.3 Å². The number of halogens is 1. The van der Waals surface area contributed by atoms with Crippen LogP contribution in [0.4, 0.5) is 0 Å². The molecule has 0 heterocycles. The first-order chi connectivity index (χ1) is 11.9. The maximum absolute atomic E-state index is 12.2. The smallest absolute Gasteiger partial charge is 0.240 e. The zero-order valence-electron chi connectivity index (χ0n) is 15.3. The number of hydrogen-bond donors (Lipinski definition) is 3. The molecule has 1 fully saturated rings. The third-order valence-electron chi connectivity index (χ3n) is 4.95. The van der Waals surface area contributed by atoms with Crippen LogP contribution in [0.25, 0.3) is 0 Å². The second-order valence-corrected chi connectivity index (χ2v) is 8.77. The summed E-state index contributed by atoms with van der Waals surface area (Å²) < 4.78 is 26.8. The van der Waals surface area contributed by atoms with Crippen LogP contribution in [-0.4, -0.2) is 34.0 Å². The molecule has 1 aliphatic rings. The highest BCUT2D eigenvalue weighted by atomic mass is 35.5. The van der Waals surface area contributed by atoms with E-state index >= 15 is 0 Å². The monoisotopic (exact) mass is 403 g/mol. The van der Waals surface area contributed by atoms with Gasteiger partial charge in [0.2, 0.25) is 15.9 Å². The zero-order valence-corrected chi connectivity index (χ0v) is 16.9. The highest BCUT2D eigenvalue weighted by Gasteiger charge is 2.32. The number of benzene rings is 1. The second kappa shape index (κ2) is 10.3. The first-order valence-electron chi connectivity index (χ1n) is 8.90. The lowest BCUT2D eigenvalue weighted by molar-refractivity contribution is -0.123. The van der Waals surface area contributed by atoms with Gasteiger partial charge in [0, 0.05) is 19.5 Å². The van der Waals surface area contributed by atoms with E-state index in [-0.39, 0.29) is 41.7 Å². The standard InChI is InChI=1S/C18H29N3O3S.ClH/c1-15-5-7-16(8-6-15)25(23,24)21-12-11-20-17(22)13-18(14-19)9-3-2-4-10-18;/h5-8,21H,2-4,9-14,19H2,1H3,(H,20,22);1H. The number of amides is 1. The van der Waals surface area contributed by atoms with E-state index in [0.717, 1.165) is 31.2 Å². The topological polar surface area (TPSA) is 101 Å². The summed E-state index contributed by atoms with van der Waals surface area (Å²) >= 11 is 0. The Morgan fingerprint density at radius 3 is 2.31 bits per heavy atom. The van der Waals surface area contributed by atoms with Crippen molar-refractivity contribution >= 4 is 28.3 Å². The predicted octanol–water partition coefficient (Wildman–Crippen LogP) is 2.11. The van der Waals surface area contributed by atoms with Crippen LogP contribution in [0.1, 0.15) is 44.1 Å². The number of carbonyl (C=O) groups is 1. The predicted molar refractivity (Wildman–Crippen MR) is 106 cm³/mol. The largest absolute Gasteiger partial charge is 0.355 e. The Hall–Kier alpha value is -1.15. The molecule has 0 aliphatic heterocycles. The van der Waals surface area contributed by atoms with Gasteiger partial charge in [-0.05, 0) is 43.9 Å². The van der Waals surface area contributed by atoms with Crippen molar-refractivity contribution in [3.05, 3.63) is 29.8 Å². The van der Waals surface area contributed by atoms with Gasteiger partial charge in [-0.2, -0.15) is 0 Å². The molecular weight excluding hydrogens is 374 g/mol. The lowest BCUT2D eigenvalue weighted by Crippen LogP contribution is -2.40. The molecule has 6 nitrogen and oxygen atoms in total. The molecular formula is C18H30ClN3O3S. The van der Waals surface area contributed by atoms with Crippen LogP contribution in [0.5, 0.6) is 0 Å². The van der Waals surface area contributed by atoms with E-state index in [0.29, 0.717) is 13.0 Å². The third-order valence-corrected chi connectivity index (χ3v) is 6.43. The van der Waals surface area contributed by atoms with E-state index in [4.69, 9.17) is 5.73 Å². The average Bonchev–Trinajstić information content (AvgIpc) is 2.60. The van der Waals surface area contributed by atoms with E-state index < -0.39 is 10.0 Å². The lowest BCUT2D eigenvalue weighted by atomic mass is 9.71. The maximum Gasteiger partial charge on any atom is 0.240 e. The van der Waals surface area contributed by atoms with E-state index in [9.17, 15) is 13.2 Å². The van der Waals surface area contributed by atoms with Crippen LogP contribution in [-0.2, 0) is 14.8 Å². The van der Waals surface area contributed by atoms with E-state index in [1.165, 1.54) is 6.42 Å². The van der Waals surface area contributed by atoms with E-state index in [2.05, 4.69) is 10.0 Å². The Labute approximate surface area is 162 Å². The van der Waals surface area contributed by atoms with Crippen LogP contribution >= 0.6 is 12.4 Å². The average molecular weight is 404 g/mol. The van der Waals surface area contributed by atoms with Crippen LogP contribution in [0, 0.1) is 12.3 Å². The molecule has 8 heteroatoms. The summed E-state index contributed by atoms with van der Waals surface area (Å²) in [6.45, 7) is 2.86. The van der Waals surface area contributed by atoms with Gasteiger partial charge in [-0.3, -0.25) is 4.79 Å². The highest BCUT2D eigenvalue weighted by Crippen LogP contribution is 2.38. The van der Waals surface area contributed by atoms with Crippen molar-refractivity contribution in [3.63, 3.8) is 0 Å². The molecule has 0 radical (unpaired) electrons. The van der Waals surface area contributed by atoms with Gasteiger partial charge in [0.1, 0.15) is 0 Å². The van der Waals surface area contributed by atoms with Gasteiger partial charge in [0.25, 0.3) is 0 Å². The summed E-state index contributed by atoms with van der Waals surface area (Å²) in [5.74, 6) is -0.0538. The molecule has 0 saturated heterocycles. The van der Waals surface area contributed by atoms with Gasteiger partial charge >= 0.3 is 0 Å². The van der Waals surface area contributed by atoms with Crippen molar-refractivity contribution in [1.29, 1.82) is 0 Å². The van der Waals surface area contributed by atoms with Crippen LogP contribution in [0.2, 0.25) is 0 Å². The Kier molecular flexibility index (Phi) is 9.03. The van der Waals surface area contributed by atoms with Crippen molar-refractivity contribution in [2.24, 2.45) is 11.1 Å². The Bertz CT molecular complexity index is 671. The van der Waals surface area contributed by atoms with Gasteiger partial charge in [0.15, 0.2) is 0 Å². The summed E-state index contributed by atoms with van der Waals surface area (Å²) in [4.78, 5) is 12.4. The molecule has 0 atom stereocenters. The van der Waals surface area contributed by atoms with Crippen LogP contribution < -0.4 is 15.8 Å². The number of nitrogens with one attached hydrogen (secondary N) is 2. The molecule has 4 N–H and O–H groups in total. The summed E-state index contributed by atoms with van der Waals surface area (Å²) in [6, 6.07) is 6.66. The first kappa shape index (κ1) is 22.9. The van der Waals surface area contributed by atoms with Gasteiger partial charge in [-0.1, -0.05) is 37.0 Å². The van der Waals surface area contributed by atoms with Gasteiger partial charge in [-0.15, -0.1) is 12.4 Å². The lowest BCUT2D eigenvalue weighted by Gasteiger charge is -2.35. The molecule has 1 aromatic carbocycles. The Morgan fingerprint density at radius 2 is 1.73 bits per heavy atom. The summed E-state index contributed by atoms with van der Waals surface area (Å²) in [5.41, 5.74) is 6.82. The molecule has 0 aromatic heterocycles. The van der Waals surface area contributed by atoms with E-state index in [1.807, 2.05) is 6.92 Å². The summed E-state index contributed by atoms with van der Waals surface area (Å²) in [7, 11) is -3.54. The zero-order chi connectivity index (χ0) is 18.3. The van der Waals surface area contributed by atoms with Gasteiger partial charge < -0.3 is 11.1 Å². The number of carbonyl (C=O) groups excluding carboxylic acids is 1. The molecule has 148 valence electrons. The molecule has 1 amide bonds. The molecule has 0 spiro atoms. The third kappa shape index (κ3) is 6.54. The van der Waals surface area contributed by atoms with Crippen LogP contribution in [0.15, 0.2) is 29.2 Å². The SMILES string of the molecule is Cc1ccc(S(=O)(=O)NCCNC(=O)CC2(CN)CCCCC2)cc1.Cl. The summed E-state index contributed by atoms with van der Waals surface area (Å²) in [5, 5.41) is 2.80.